The van der Waals surface area contributed by atoms with Crippen LogP contribution in [0.2, 0.25) is 0 Å². The van der Waals surface area contributed by atoms with Gasteiger partial charge < -0.3 is 1.43 Å². The summed E-state index contributed by atoms with van der Waals surface area (Å²) in [6.45, 7) is 0. The molecule has 0 saturated heterocycles. The molecule has 4 heavy (non-hydrogen) atoms. The van der Waals surface area contributed by atoms with Crippen LogP contribution < -0.4 is 18.9 Å². The van der Waals surface area contributed by atoms with Crippen molar-refractivity contribution in [3.05, 3.63) is 0 Å². The molecular weight excluding hydrogens is 380 g/mol. The first kappa shape index (κ1) is 27.5. The van der Waals surface area contributed by atoms with Gasteiger partial charge in [-0.3, -0.25) is 0 Å². The maximum atomic E-state index is 0. The van der Waals surface area contributed by atoms with E-state index < -0.39 is 0 Å². The fourth-order valence-corrected chi connectivity index (χ4v) is 0. The molecule has 0 aliphatic carbocycles. The van der Waals surface area contributed by atoms with E-state index in [-0.39, 0.29) is 97.3 Å². The van der Waals surface area contributed by atoms with Gasteiger partial charge in [-0.25, -0.2) is 0 Å². The molecular formula is H2BrLiTlY. The maximum absolute atomic E-state index is 0. The zero-order valence-corrected chi connectivity index (χ0v) is 11.6. The molecule has 0 unspecified atom stereocenters. The van der Waals surface area contributed by atoms with Crippen LogP contribution in [0.1, 0.15) is 1.43 Å². The van der Waals surface area contributed by atoms with Gasteiger partial charge in [0.1, 0.15) is 0 Å². The topological polar surface area (TPSA) is 0 Å². The standard InChI is InChI=1S/BrH.Li.Tl.Y.H/h1H;;;;/q;+1;;;-1. The Morgan fingerprint density at radius 1 is 1.25 bits per heavy atom. The van der Waals surface area contributed by atoms with E-state index in [0.29, 0.717) is 0 Å². The molecule has 0 aromatic heterocycles. The number of hydrogen-bond acceptors (Lipinski definition) is 0. The molecule has 0 aromatic carbocycles. The van der Waals surface area contributed by atoms with Crippen molar-refractivity contribution in [3.63, 3.8) is 0 Å². The molecule has 16 valence electrons. The molecule has 0 bridgehead atoms. The van der Waals surface area contributed by atoms with E-state index in [1.165, 1.54) is 0 Å². The maximum Gasteiger partial charge on any atom is 1.00 e. The van der Waals surface area contributed by atoms with E-state index in [1.807, 2.05) is 0 Å². The summed E-state index contributed by atoms with van der Waals surface area (Å²) in [7, 11) is 0. The van der Waals surface area contributed by atoms with Crippen molar-refractivity contribution in [1.82, 2.24) is 0 Å². The van der Waals surface area contributed by atoms with E-state index in [0.717, 1.165) is 0 Å². The van der Waals surface area contributed by atoms with Gasteiger partial charge in [-0.15, -0.1) is 17.0 Å². The third kappa shape index (κ3) is 8.92. The molecule has 0 nitrogen and oxygen atoms in total. The van der Waals surface area contributed by atoms with E-state index in [4.69, 9.17) is 0 Å². The van der Waals surface area contributed by atoms with Crippen LogP contribution in [0.4, 0.5) is 0 Å². The zero-order chi connectivity index (χ0) is 0. The summed E-state index contributed by atoms with van der Waals surface area (Å²) in [5.41, 5.74) is 0. The van der Waals surface area contributed by atoms with E-state index >= 15 is 0 Å². The summed E-state index contributed by atoms with van der Waals surface area (Å²) in [6, 6.07) is 0. The molecule has 0 N–H and O–H groups in total. The van der Waals surface area contributed by atoms with Crippen LogP contribution in [-0.4, -0.2) is 27.3 Å². The van der Waals surface area contributed by atoms with E-state index in [1.54, 1.807) is 0 Å². The van der Waals surface area contributed by atoms with Gasteiger partial charge in [-0.1, -0.05) is 0 Å². The third-order valence-corrected chi connectivity index (χ3v) is 0. The van der Waals surface area contributed by atoms with Crippen LogP contribution in [0.25, 0.3) is 0 Å². The van der Waals surface area contributed by atoms with E-state index in [2.05, 4.69) is 0 Å². The fourth-order valence-electron chi connectivity index (χ4n) is 0. The van der Waals surface area contributed by atoms with Gasteiger partial charge in [0.15, 0.2) is 0 Å². The number of rotatable bonds is 0. The van der Waals surface area contributed by atoms with Gasteiger partial charge >= 0.3 is 18.9 Å². The Morgan fingerprint density at radius 3 is 1.25 bits per heavy atom. The second-order valence-corrected chi connectivity index (χ2v) is 0. The molecule has 0 fully saturated rings. The van der Waals surface area contributed by atoms with Crippen molar-refractivity contribution in [2.24, 2.45) is 0 Å². The first-order valence-corrected chi connectivity index (χ1v) is 0. The van der Waals surface area contributed by atoms with Gasteiger partial charge in [0.25, 0.3) is 0 Å². The van der Waals surface area contributed by atoms with Crippen molar-refractivity contribution in [2.75, 3.05) is 0 Å². The zero-order valence-electron chi connectivity index (χ0n) is 3.56. The monoisotopic (exact) mass is 382 g/mol. The van der Waals surface area contributed by atoms with E-state index in [9.17, 15) is 0 Å². The quantitative estimate of drug-likeness (QED) is 0.401. The predicted molar refractivity (Wildman–Crippen MR) is 17.2 cm³/mol. The van der Waals surface area contributed by atoms with Crippen LogP contribution in [0, 0.1) is 0 Å². The summed E-state index contributed by atoms with van der Waals surface area (Å²) in [5.74, 6) is 0. The Morgan fingerprint density at radius 2 is 1.25 bits per heavy atom. The van der Waals surface area contributed by atoms with Crippen LogP contribution in [0.5, 0.6) is 0 Å². The molecule has 0 amide bonds. The summed E-state index contributed by atoms with van der Waals surface area (Å²) in [4.78, 5) is 0. The summed E-state index contributed by atoms with van der Waals surface area (Å²) in [6.07, 6.45) is 0. The molecule has 0 heterocycles. The fraction of sp³-hybridized carbons (Fsp3) is 0. The minimum Gasteiger partial charge on any atom is -1.00 e. The average Bonchev–Trinajstić information content (AvgIpc) is 0. The van der Waals surface area contributed by atoms with Gasteiger partial charge in [0, 0.05) is 60.0 Å². The van der Waals surface area contributed by atoms with Crippen LogP contribution >= 0.6 is 17.0 Å². The van der Waals surface area contributed by atoms with Gasteiger partial charge in [0.2, 0.25) is 0 Å². The van der Waals surface area contributed by atoms with Crippen LogP contribution in [-0.2, 0) is 32.7 Å². The molecule has 4 heteroatoms. The van der Waals surface area contributed by atoms with Gasteiger partial charge in [-0.2, -0.15) is 0 Å². The average molecular weight is 382 g/mol. The molecule has 0 rings (SSSR count). The molecule has 0 aliphatic rings. The molecule has 0 saturated carbocycles. The van der Waals surface area contributed by atoms with Crippen molar-refractivity contribution >= 4 is 44.3 Å². The Labute approximate surface area is 95.3 Å². The minimum atomic E-state index is 0. The number of hydrogen-bond donors (Lipinski definition) is 0. The Hall–Kier alpha value is 3.10. The summed E-state index contributed by atoms with van der Waals surface area (Å²) >= 11 is 0. The normalized spacial score (nSPS) is 0. The molecule has 0 spiro atoms. The Kier molecular flexibility index (Phi) is 113. The van der Waals surface area contributed by atoms with Gasteiger partial charge in [0.05, 0.1) is 0 Å². The summed E-state index contributed by atoms with van der Waals surface area (Å²) < 4.78 is 0. The van der Waals surface area contributed by atoms with Crippen LogP contribution in [0.3, 0.4) is 0 Å². The van der Waals surface area contributed by atoms with Crippen molar-refractivity contribution in [3.8, 4) is 0 Å². The second-order valence-electron chi connectivity index (χ2n) is 0. The largest absolute Gasteiger partial charge is 1.00 e. The van der Waals surface area contributed by atoms with Gasteiger partial charge in [-0.05, 0) is 0 Å². The smallest absolute Gasteiger partial charge is 1.00 e. The third-order valence-electron chi connectivity index (χ3n) is 0. The summed E-state index contributed by atoms with van der Waals surface area (Å²) in [5, 5.41) is 0. The predicted octanol–water partition coefficient (Wildman–Crippen LogP) is -2.69. The Balaban J connectivity index is 0. The Bertz CT molecular complexity index is 11.6. The van der Waals surface area contributed by atoms with Crippen LogP contribution in [0.15, 0.2) is 0 Å². The molecule has 0 aliphatic heterocycles. The minimum absolute atomic E-state index is 0. The van der Waals surface area contributed by atoms with Crippen molar-refractivity contribution in [2.45, 2.75) is 0 Å². The first-order chi connectivity index (χ1) is 0. The molecule has 0 atom stereocenters. The van der Waals surface area contributed by atoms with Crippen molar-refractivity contribution in [1.29, 1.82) is 0 Å². The molecule has 0 aromatic rings. The number of halogens is 1. The second kappa shape index (κ2) is 16.5. The molecule has 2 radical (unpaired) electrons. The SMILES string of the molecule is Br.[H-].[Li+].[Tl].[Y]. The van der Waals surface area contributed by atoms with Crippen molar-refractivity contribution < 1.29 is 53.0 Å². The first-order valence-electron chi connectivity index (χ1n) is 0.